The lowest BCUT2D eigenvalue weighted by Crippen LogP contribution is -2.36. The number of thiophene rings is 1. The number of nitrogens with zero attached hydrogens (tertiary/aromatic N) is 3. The maximum Gasteiger partial charge on any atom is 0.261 e. The highest BCUT2D eigenvalue weighted by atomic mass is 35.5. The molecule has 7 nitrogen and oxygen atoms in total. The average Bonchev–Trinajstić information content (AvgIpc) is 3.47. The first-order valence-corrected chi connectivity index (χ1v) is 11.7. The molecule has 2 aromatic heterocycles. The van der Waals surface area contributed by atoms with E-state index in [1.54, 1.807) is 35.2 Å². The van der Waals surface area contributed by atoms with E-state index < -0.39 is 0 Å². The number of amides is 2. The molecule has 170 valence electrons. The first-order chi connectivity index (χ1) is 15.4. The van der Waals surface area contributed by atoms with Crippen LogP contribution in [-0.4, -0.2) is 60.0 Å². The molecular weight excluding hydrogens is 448 g/mol. The third kappa shape index (κ3) is 6.18. The van der Waals surface area contributed by atoms with Crippen molar-refractivity contribution in [1.82, 2.24) is 20.3 Å². The zero-order chi connectivity index (χ0) is 23.1. The molecule has 0 aliphatic heterocycles. The number of nitrogens with one attached hydrogen (secondary N) is 1. The second-order valence-electron chi connectivity index (χ2n) is 7.30. The van der Waals surface area contributed by atoms with Crippen LogP contribution in [0.2, 0.25) is 4.34 Å². The van der Waals surface area contributed by atoms with Crippen molar-refractivity contribution in [2.45, 2.75) is 20.4 Å². The number of carbonyl (C=O) groups is 2. The number of carbonyl (C=O) groups excluding carboxylic acids is 2. The van der Waals surface area contributed by atoms with Gasteiger partial charge >= 0.3 is 0 Å². The van der Waals surface area contributed by atoms with Gasteiger partial charge in [-0.1, -0.05) is 42.7 Å². The molecule has 0 saturated carbocycles. The predicted octanol–water partition coefficient (Wildman–Crippen LogP) is 4.40. The fraction of sp³-hybridized carbons (Fsp3) is 0.348. The number of hydrogen-bond acceptors (Lipinski definition) is 6. The van der Waals surface area contributed by atoms with Crippen LogP contribution in [0, 0.1) is 0 Å². The molecule has 0 radical (unpaired) electrons. The van der Waals surface area contributed by atoms with E-state index in [-0.39, 0.29) is 18.4 Å². The van der Waals surface area contributed by atoms with Gasteiger partial charge in [-0.3, -0.25) is 9.59 Å². The molecule has 0 fully saturated rings. The van der Waals surface area contributed by atoms with Crippen LogP contribution >= 0.6 is 22.9 Å². The molecule has 0 spiro atoms. The molecule has 3 rings (SSSR count). The maximum atomic E-state index is 12.7. The van der Waals surface area contributed by atoms with E-state index in [9.17, 15) is 9.59 Å². The van der Waals surface area contributed by atoms with Gasteiger partial charge in [0.1, 0.15) is 5.69 Å². The normalized spacial score (nSPS) is 11.0. The van der Waals surface area contributed by atoms with Gasteiger partial charge in [-0.25, -0.2) is 0 Å². The Hall–Kier alpha value is -2.68. The monoisotopic (exact) mass is 474 g/mol. The molecular formula is C23H27ClN4O3S. The second kappa shape index (κ2) is 11.3. The van der Waals surface area contributed by atoms with Crippen LogP contribution in [-0.2, 0) is 6.54 Å². The Morgan fingerprint density at radius 1 is 1.09 bits per heavy atom. The predicted molar refractivity (Wildman–Crippen MR) is 127 cm³/mol. The van der Waals surface area contributed by atoms with Crippen molar-refractivity contribution in [3.05, 3.63) is 63.0 Å². The summed E-state index contributed by atoms with van der Waals surface area (Å²) in [5.74, 6) is 0.307. The maximum absolute atomic E-state index is 12.7. The average molecular weight is 475 g/mol. The first-order valence-electron chi connectivity index (χ1n) is 10.5. The molecule has 0 atom stereocenters. The van der Waals surface area contributed by atoms with E-state index in [1.165, 1.54) is 11.3 Å². The van der Waals surface area contributed by atoms with Crippen molar-refractivity contribution in [3.8, 4) is 11.3 Å². The minimum absolute atomic E-state index is 0.0130. The van der Waals surface area contributed by atoms with Crippen molar-refractivity contribution in [2.75, 3.05) is 33.2 Å². The lowest BCUT2D eigenvalue weighted by Gasteiger charge is -2.23. The van der Waals surface area contributed by atoms with E-state index in [2.05, 4.69) is 29.2 Å². The Morgan fingerprint density at radius 3 is 2.44 bits per heavy atom. The van der Waals surface area contributed by atoms with Crippen molar-refractivity contribution in [2.24, 2.45) is 0 Å². The SMILES string of the molecule is CCN(CC)CCN(C)C(=O)c1ccc(-c2cc(CNC(=O)c3ccc(Cl)s3)on2)cc1. The van der Waals surface area contributed by atoms with Crippen LogP contribution in [0.3, 0.4) is 0 Å². The van der Waals surface area contributed by atoms with Crippen LogP contribution < -0.4 is 5.32 Å². The van der Waals surface area contributed by atoms with Gasteiger partial charge in [0, 0.05) is 37.3 Å². The number of aromatic nitrogens is 1. The number of rotatable bonds is 10. The second-order valence-corrected chi connectivity index (χ2v) is 9.01. The molecule has 0 bridgehead atoms. The van der Waals surface area contributed by atoms with Gasteiger partial charge in [0.2, 0.25) is 0 Å². The third-order valence-corrected chi connectivity index (χ3v) is 6.43. The molecule has 0 saturated heterocycles. The largest absolute Gasteiger partial charge is 0.359 e. The Kier molecular flexibility index (Phi) is 8.44. The summed E-state index contributed by atoms with van der Waals surface area (Å²) in [4.78, 5) is 29.4. The Labute approximate surface area is 196 Å². The summed E-state index contributed by atoms with van der Waals surface area (Å²) in [5, 5.41) is 6.86. The van der Waals surface area contributed by atoms with Crippen molar-refractivity contribution < 1.29 is 14.1 Å². The van der Waals surface area contributed by atoms with Crippen molar-refractivity contribution in [1.29, 1.82) is 0 Å². The number of likely N-dealkylation sites (N-methyl/N-ethyl adjacent to an activating group) is 2. The summed E-state index contributed by atoms with van der Waals surface area (Å²) in [6.07, 6.45) is 0. The van der Waals surface area contributed by atoms with Crippen molar-refractivity contribution >= 4 is 34.8 Å². The van der Waals surface area contributed by atoms with Gasteiger partial charge in [0.05, 0.1) is 15.8 Å². The van der Waals surface area contributed by atoms with Gasteiger partial charge in [0.15, 0.2) is 5.76 Å². The minimum atomic E-state index is -0.215. The molecule has 0 aliphatic rings. The standard InChI is InChI=1S/C23H27ClN4O3S/c1-4-28(5-2)13-12-27(3)23(30)17-8-6-16(7-9-17)19-14-18(31-26-19)15-25-22(29)20-10-11-21(24)32-20/h6-11,14H,4-5,12-13,15H2,1-3H3,(H,25,29). The zero-order valence-corrected chi connectivity index (χ0v) is 20.0. The smallest absolute Gasteiger partial charge is 0.261 e. The summed E-state index contributed by atoms with van der Waals surface area (Å²) in [5.41, 5.74) is 2.10. The molecule has 32 heavy (non-hydrogen) atoms. The van der Waals surface area contributed by atoms with Crippen LogP contribution in [0.5, 0.6) is 0 Å². The van der Waals surface area contributed by atoms with Crippen LogP contribution in [0.15, 0.2) is 47.0 Å². The topological polar surface area (TPSA) is 78.7 Å². The lowest BCUT2D eigenvalue weighted by atomic mass is 10.1. The molecule has 0 unspecified atom stereocenters. The van der Waals surface area contributed by atoms with Crippen LogP contribution in [0.25, 0.3) is 11.3 Å². The summed E-state index contributed by atoms with van der Waals surface area (Å²) < 4.78 is 5.90. The van der Waals surface area contributed by atoms with Gasteiger partial charge < -0.3 is 19.6 Å². The van der Waals surface area contributed by atoms with E-state index in [0.29, 0.717) is 32.8 Å². The molecule has 1 N–H and O–H groups in total. The Balaban J connectivity index is 1.56. The number of hydrogen-bond donors (Lipinski definition) is 1. The highest BCUT2D eigenvalue weighted by Crippen LogP contribution is 2.22. The van der Waals surface area contributed by atoms with Gasteiger partial charge in [-0.15, -0.1) is 11.3 Å². The van der Waals surface area contributed by atoms with Gasteiger partial charge in [-0.05, 0) is 37.4 Å². The van der Waals surface area contributed by atoms with Crippen LogP contribution in [0.1, 0.15) is 39.6 Å². The Bertz CT molecular complexity index is 1040. The highest BCUT2D eigenvalue weighted by molar-refractivity contribution is 7.17. The summed E-state index contributed by atoms with van der Waals surface area (Å²) >= 11 is 7.08. The first kappa shape index (κ1) is 24.0. The lowest BCUT2D eigenvalue weighted by molar-refractivity contribution is 0.0779. The van der Waals surface area contributed by atoms with E-state index in [4.69, 9.17) is 16.1 Å². The Morgan fingerprint density at radius 2 is 1.81 bits per heavy atom. The van der Waals surface area contributed by atoms with Gasteiger partial charge in [0.25, 0.3) is 11.8 Å². The van der Waals surface area contributed by atoms with E-state index in [0.717, 1.165) is 25.2 Å². The number of benzene rings is 1. The quantitative estimate of drug-likeness (QED) is 0.471. The molecule has 9 heteroatoms. The molecule has 2 heterocycles. The molecule has 3 aromatic rings. The summed E-state index contributed by atoms with van der Waals surface area (Å²) in [7, 11) is 1.82. The fourth-order valence-electron chi connectivity index (χ4n) is 3.16. The van der Waals surface area contributed by atoms with Crippen molar-refractivity contribution in [3.63, 3.8) is 0 Å². The molecule has 1 aromatic carbocycles. The summed E-state index contributed by atoms with van der Waals surface area (Å²) in [6, 6.07) is 12.4. The number of halogens is 1. The van der Waals surface area contributed by atoms with E-state index >= 15 is 0 Å². The minimum Gasteiger partial charge on any atom is -0.359 e. The highest BCUT2D eigenvalue weighted by Gasteiger charge is 2.14. The third-order valence-electron chi connectivity index (χ3n) is 5.20. The van der Waals surface area contributed by atoms with E-state index in [1.807, 2.05) is 19.2 Å². The fourth-order valence-corrected chi connectivity index (χ4v) is 4.12. The zero-order valence-electron chi connectivity index (χ0n) is 18.4. The van der Waals surface area contributed by atoms with Crippen LogP contribution in [0.4, 0.5) is 0 Å². The van der Waals surface area contributed by atoms with Gasteiger partial charge in [-0.2, -0.15) is 0 Å². The molecule has 0 aliphatic carbocycles. The summed E-state index contributed by atoms with van der Waals surface area (Å²) in [6.45, 7) is 7.93. The molecule has 2 amide bonds.